The third-order valence-corrected chi connectivity index (χ3v) is 3.72. The fraction of sp³-hybridized carbons (Fsp3) is 0.273. The van der Waals surface area contributed by atoms with Gasteiger partial charge < -0.3 is 10.1 Å². The molecule has 0 aliphatic heterocycles. The van der Waals surface area contributed by atoms with Crippen molar-refractivity contribution in [1.29, 1.82) is 0 Å². The molecule has 1 unspecified atom stereocenters. The average Bonchev–Trinajstić information content (AvgIpc) is 2.61. The van der Waals surface area contributed by atoms with Crippen molar-refractivity contribution in [3.05, 3.63) is 36.0 Å². The van der Waals surface area contributed by atoms with Crippen LogP contribution in [0.25, 0.3) is 10.9 Å². The van der Waals surface area contributed by atoms with Gasteiger partial charge in [-0.15, -0.1) is 0 Å². The summed E-state index contributed by atoms with van der Waals surface area (Å²) in [5.74, 6) is 0. The number of hydrogen-bond acceptors (Lipinski definition) is 3. The molecule has 0 bridgehead atoms. The van der Waals surface area contributed by atoms with E-state index in [2.05, 4.69) is 4.98 Å². The molecule has 0 amide bonds. The maximum Gasteiger partial charge on any atom is 0.174 e. The van der Waals surface area contributed by atoms with Crippen LogP contribution < -0.4 is 0 Å². The number of aliphatic hydroxyl groups is 1. The minimum Gasteiger partial charge on any atom is -0.377 e. The molecule has 1 heterocycles. The van der Waals surface area contributed by atoms with Gasteiger partial charge in [0.1, 0.15) is 0 Å². The van der Waals surface area contributed by atoms with Crippen molar-refractivity contribution < 1.29 is 13.5 Å². The Hall–Kier alpha value is -1.33. The molecule has 0 aliphatic carbocycles. The van der Waals surface area contributed by atoms with Crippen molar-refractivity contribution in [2.75, 3.05) is 6.26 Å². The van der Waals surface area contributed by atoms with Crippen LogP contribution in [0, 0.1) is 0 Å². The van der Waals surface area contributed by atoms with Crippen molar-refractivity contribution in [3.63, 3.8) is 0 Å². The lowest BCUT2D eigenvalue weighted by Gasteiger charge is -2.06. The third-order valence-electron chi connectivity index (χ3n) is 2.56. The summed E-state index contributed by atoms with van der Waals surface area (Å²) < 4.78 is 22.3. The minimum absolute atomic E-state index is 0.114. The predicted molar refractivity (Wildman–Crippen MR) is 62.9 cm³/mol. The Kier molecular flexibility index (Phi) is 2.73. The van der Waals surface area contributed by atoms with Gasteiger partial charge in [0, 0.05) is 29.8 Å². The van der Waals surface area contributed by atoms with Gasteiger partial charge in [-0.25, -0.2) is 8.42 Å². The highest BCUT2D eigenvalue weighted by Gasteiger charge is 2.18. The smallest absolute Gasteiger partial charge is 0.174 e. The molecule has 0 spiro atoms. The van der Waals surface area contributed by atoms with Crippen molar-refractivity contribution in [1.82, 2.24) is 4.98 Å². The van der Waals surface area contributed by atoms with Gasteiger partial charge in [-0.05, 0) is 11.6 Å². The van der Waals surface area contributed by atoms with Crippen LogP contribution in [0.1, 0.15) is 5.56 Å². The van der Waals surface area contributed by atoms with E-state index in [4.69, 9.17) is 0 Å². The third kappa shape index (κ3) is 2.10. The standard InChI is InChI=1S/C11H13NO3S/c1-16(14,15)11(13)6-8-7-12-10-5-3-2-4-9(8)10/h2-5,7,11-13H,6H2,1H3. The van der Waals surface area contributed by atoms with Gasteiger partial charge in [0.05, 0.1) is 0 Å². The summed E-state index contributed by atoms with van der Waals surface area (Å²) >= 11 is 0. The normalized spacial score (nSPS) is 14.1. The van der Waals surface area contributed by atoms with E-state index in [9.17, 15) is 13.5 Å². The van der Waals surface area contributed by atoms with Gasteiger partial charge >= 0.3 is 0 Å². The number of sulfone groups is 1. The Morgan fingerprint density at radius 2 is 2.06 bits per heavy atom. The fourth-order valence-corrected chi connectivity index (χ4v) is 2.12. The number of H-pyrrole nitrogens is 1. The number of aliphatic hydroxyl groups excluding tert-OH is 1. The molecule has 2 N–H and O–H groups in total. The van der Waals surface area contributed by atoms with E-state index in [0.29, 0.717) is 0 Å². The second kappa shape index (κ2) is 3.92. The molecule has 86 valence electrons. The first-order valence-electron chi connectivity index (χ1n) is 4.90. The first kappa shape index (κ1) is 11.2. The number of nitrogens with one attached hydrogen (secondary N) is 1. The topological polar surface area (TPSA) is 70.2 Å². The molecule has 16 heavy (non-hydrogen) atoms. The summed E-state index contributed by atoms with van der Waals surface area (Å²) in [6.45, 7) is 0. The van der Waals surface area contributed by atoms with Crippen LogP contribution >= 0.6 is 0 Å². The maximum absolute atomic E-state index is 11.1. The molecule has 1 aromatic heterocycles. The number of benzene rings is 1. The molecular formula is C11H13NO3S. The Morgan fingerprint density at radius 1 is 1.38 bits per heavy atom. The van der Waals surface area contributed by atoms with Gasteiger partial charge in [0.2, 0.25) is 0 Å². The van der Waals surface area contributed by atoms with E-state index in [0.717, 1.165) is 22.7 Å². The molecule has 1 atom stereocenters. The average molecular weight is 239 g/mol. The first-order valence-corrected chi connectivity index (χ1v) is 6.86. The molecule has 1 aromatic carbocycles. The van der Waals surface area contributed by atoms with E-state index >= 15 is 0 Å². The number of aromatic nitrogens is 1. The molecule has 0 aliphatic rings. The lowest BCUT2D eigenvalue weighted by atomic mass is 10.1. The zero-order valence-corrected chi connectivity index (χ0v) is 9.66. The van der Waals surface area contributed by atoms with Crippen LogP contribution in [-0.2, 0) is 16.3 Å². The molecule has 2 rings (SSSR count). The highest BCUT2D eigenvalue weighted by atomic mass is 32.2. The van der Waals surface area contributed by atoms with Crippen LogP contribution in [0.15, 0.2) is 30.5 Å². The van der Waals surface area contributed by atoms with Crippen LogP contribution in [0.3, 0.4) is 0 Å². The largest absolute Gasteiger partial charge is 0.377 e. The summed E-state index contributed by atoms with van der Waals surface area (Å²) in [4.78, 5) is 3.04. The van der Waals surface area contributed by atoms with Crippen LogP contribution in [0.2, 0.25) is 0 Å². The van der Waals surface area contributed by atoms with E-state index in [1.54, 1.807) is 6.20 Å². The quantitative estimate of drug-likeness (QED) is 0.841. The van der Waals surface area contributed by atoms with Crippen LogP contribution in [0.4, 0.5) is 0 Å². The summed E-state index contributed by atoms with van der Waals surface area (Å²) in [5, 5.41) is 10.5. The Labute approximate surface area is 93.8 Å². The van der Waals surface area contributed by atoms with Crippen molar-refractivity contribution in [2.45, 2.75) is 11.9 Å². The molecule has 0 radical (unpaired) electrons. The van der Waals surface area contributed by atoms with Crippen molar-refractivity contribution in [2.24, 2.45) is 0 Å². The highest BCUT2D eigenvalue weighted by molar-refractivity contribution is 7.91. The fourth-order valence-electron chi connectivity index (χ4n) is 1.64. The zero-order chi connectivity index (χ0) is 11.8. The number of aromatic amines is 1. The van der Waals surface area contributed by atoms with Crippen LogP contribution in [-0.4, -0.2) is 30.2 Å². The molecule has 5 heteroatoms. The second-order valence-corrected chi connectivity index (χ2v) is 6.05. The van der Waals surface area contributed by atoms with E-state index in [-0.39, 0.29) is 6.42 Å². The summed E-state index contributed by atoms with van der Waals surface area (Å²) in [6.07, 6.45) is 2.88. The lowest BCUT2D eigenvalue weighted by molar-refractivity contribution is 0.250. The number of para-hydroxylation sites is 1. The number of rotatable bonds is 3. The number of fused-ring (bicyclic) bond motifs is 1. The monoisotopic (exact) mass is 239 g/mol. The van der Waals surface area contributed by atoms with Gasteiger partial charge in [-0.2, -0.15) is 0 Å². The van der Waals surface area contributed by atoms with E-state index in [1.807, 2.05) is 24.3 Å². The molecule has 0 saturated carbocycles. The summed E-state index contributed by atoms with van der Waals surface area (Å²) in [6, 6.07) is 7.59. The number of hydrogen-bond donors (Lipinski definition) is 2. The summed E-state index contributed by atoms with van der Waals surface area (Å²) in [5.41, 5.74) is 0.415. The second-order valence-electron chi connectivity index (χ2n) is 3.85. The zero-order valence-electron chi connectivity index (χ0n) is 8.84. The minimum atomic E-state index is -3.41. The molecular weight excluding hydrogens is 226 g/mol. The lowest BCUT2D eigenvalue weighted by Crippen LogP contribution is -2.21. The van der Waals surface area contributed by atoms with Gasteiger partial charge in [0.15, 0.2) is 15.3 Å². The van der Waals surface area contributed by atoms with Gasteiger partial charge in [-0.1, -0.05) is 18.2 Å². The van der Waals surface area contributed by atoms with Gasteiger partial charge in [-0.3, -0.25) is 0 Å². The Balaban J connectivity index is 2.35. The molecule has 0 fully saturated rings. The SMILES string of the molecule is CS(=O)(=O)C(O)Cc1c[nH]c2ccccc12. The van der Waals surface area contributed by atoms with E-state index in [1.165, 1.54) is 0 Å². The Bertz CT molecular complexity index is 600. The molecule has 4 nitrogen and oxygen atoms in total. The van der Waals surface area contributed by atoms with Crippen LogP contribution in [0.5, 0.6) is 0 Å². The van der Waals surface area contributed by atoms with E-state index < -0.39 is 15.3 Å². The summed E-state index contributed by atoms with van der Waals surface area (Å²) in [7, 11) is -3.41. The predicted octanol–water partition coefficient (Wildman–Crippen LogP) is 1.07. The molecule has 2 aromatic rings. The van der Waals surface area contributed by atoms with Gasteiger partial charge in [0.25, 0.3) is 0 Å². The maximum atomic E-state index is 11.1. The Morgan fingerprint density at radius 3 is 2.75 bits per heavy atom. The van der Waals surface area contributed by atoms with Crippen molar-refractivity contribution in [3.8, 4) is 0 Å². The first-order chi connectivity index (χ1) is 7.48. The molecule has 0 saturated heterocycles. The highest BCUT2D eigenvalue weighted by Crippen LogP contribution is 2.19. The van der Waals surface area contributed by atoms with Crippen molar-refractivity contribution >= 4 is 20.7 Å².